The van der Waals surface area contributed by atoms with Gasteiger partial charge < -0.3 is 34.3 Å². The fourth-order valence-corrected chi connectivity index (χ4v) is 13.0. The van der Waals surface area contributed by atoms with Crippen LogP contribution in [0.25, 0.3) is 0 Å². The summed E-state index contributed by atoms with van der Waals surface area (Å²) in [6.07, 6.45) is 2.61. The fraction of sp³-hybridized carbons (Fsp3) is 0.854. The van der Waals surface area contributed by atoms with Gasteiger partial charge in [0.25, 0.3) is 0 Å². The third kappa shape index (κ3) is 5.51. The van der Waals surface area contributed by atoms with Gasteiger partial charge in [0.2, 0.25) is 11.9 Å². The number of aliphatic hydroxyl groups excluding tert-OH is 3. The van der Waals surface area contributed by atoms with Crippen molar-refractivity contribution in [3.05, 3.63) is 11.6 Å². The Bertz CT molecular complexity index is 1530. The molecule has 11 nitrogen and oxygen atoms in total. The van der Waals surface area contributed by atoms with Gasteiger partial charge in [0.1, 0.15) is 11.5 Å². The zero-order chi connectivity index (χ0) is 38.6. The average Bonchev–Trinajstić information content (AvgIpc) is 3.01. The van der Waals surface area contributed by atoms with E-state index in [1.165, 1.54) is 12.5 Å². The van der Waals surface area contributed by atoms with Crippen LogP contribution in [0.1, 0.15) is 133 Å². The quantitative estimate of drug-likeness (QED) is 0.136. The standard InChI is InChI=1S/C41H62O11/c1-22(42)49-27-20-41(52-24(3)44,32(27)50-23(2)43)34(48)51-33(47)40-18-17-35(4,5)19-26(40)25-11-12-29-37(8)15-14-30(45)36(6,7)28(37)13-16-38(29,9)39(25,10)21-31(40)46/h11,26-32,34,45-46,48H,12-21H2,1-10H3/t26-,27+,28-,29+,30-,31?,32?,34+,37-,38+,39+,40+,41+/m0/s1. The monoisotopic (exact) mass is 730 g/mol. The summed E-state index contributed by atoms with van der Waals surface area (Å²) in [6.45, 7) is 19.4. The molecule has 5 fully saturated rings. The van der Waals surface area contributed by atoms with Gasteiger partial charge in [-0.05, 0) is 103 Å². The van der Waals surface area contributed by atoms with Gasteiger partial charge in [-0.15, -0.1) is 0 Å². The number of allylic oxidation sites excluding steroid dienone is 2. The van der Waals surface area contributed by atoms with Crippen LogP contribution >= 0.6 is 0 Å². The van der Waals surface area contributed by atoms with Gasteiger partial charge >= 0.3 is 23.9 Å². The molecule has 0 heterocycles. The Labute approximate surface area is 308 Å². The maximum atomic E-state index is 14.8. The molecule has 0 aliphatic heterocycles. The molecular formula is C41H62O11. The molecule has 11 heteroatoms. The van der Waals surface area contributed by atoms with Gasteiger partial charge in [0.05, 0.1) is 12.2 Å². The van der Waals surface area contributed by atoms with E-state index in [1.54, 1.807) is 0 Å². The molecule has 0 aromatic carbocycles. The van der Waals surface area contributed by atoms with Crippen molar-refractivity contribution in [3.63, 3.8) is 0 Å². The van der Waals surface area contributed by atoms with Crippen LogP contribution in [0, 0.1) is 50.2 Å². The minimum atomic E-state index is -2.08. The third-order valence-electron chi connectivity index (χ3n) is 16.0. The summed E-state index contributed by atoms with van der Waals surface area (Å²) in [7, 11) is 0. The van der Waals surface area contributed by atoms with Crippen molar-refractivity contribution in [3.8, 4) is 0 Å². The fourth-order valence-electron chi connectivity index (χ4n) is 13.0. The van der Waals surface area contributed by atoms with E-state index in [-0.39, 0.29) is 40.1 Å². The van der Waals surface area contributed by atoms with Gasteiger partial charge in [0, 0.05) is 27.2 Å². The summed E-state index contributed by atoms with van der Waals surface area (Å²) in [5.41, 5.74) is -3.14. The summed E-state index contributed by atoms with van der Waals surface area (Å²) in [6, 6.07) is 0. The Morgan fingerprint density at radius 1 is 0.769 bits per heavy atom. The van der Waals surface area contributed by atoms with Crippen LogP contribution in [-0.2, 0) is 38.1 Å². The molecule has 0 radical (unpaired) electrons. The first-order chi connectivity index (χ1) is 23.9. The van der Waals surface area contributed by atoms with Gasteiger partial charge in [-0.2, -0.15) is 0 Å². The number of hydrogen-bond acceptors (Lipinski definition) is 11. The second-order valence-corrected chi connectivity index (χ2v) is 19.5. The molecule has 0 aromatic rings. The molecule has 292 valence electrons. The van der Waals surface area contributed by atoms with Crippen LogP contribution in [0.15, 0.2) is 11.6 Å². The normalized spacial score (nSPS) is 46.2. The smallest absolute Gasteiger partial charge is 0.317 e. The van der Waals surface area contributed by atoms with E-state index in [2.05, 4.69) is 54.5 Å². The zero-order valence-corrected chi connectivity index (χ0v) is 32.9. The number of ether oxygens (including phenoxy) is 4. The van der Waals surface area contributed by atoms with E-state index < -0.39 is 64.9 Å². The van der Waals surface area contributed by atoms with Crippen molar-refractivity contribution < 1.29 is 53.4 Å². The molecular weight excluding hydrogens is 668 g/mol. The molecule has 13 atom stereocenters. The van der Waals surface area contributed by atoms with E-state index in [1.807, 2.05) is 0 Å². The maximum absolute atomic E-state index is 14.8. The predicted octanol–water partition coefficient (Wildman–Crippen LogP) is 5.55. The lowest BCUT2D eigenvalue weighted by atomic mass is 9.33. The summed E-state index contributed by atoms with van der Waals surface area (Å²) >= 11 is 0. The van der Waals surface area contributed by atoms with Crippen LogP contribution in [0.4, 0.5) is 0 Å². The van der Waals surface area contributed by atoms with Crippen molar-refractivity contribution in [2.75, 3.05) is 0 Å². The Morgan fingerprint density at radius 3 is 2.04 bits per heavy atom. The number of carbonyl (C=O) groups excluding carboxylic acids is 4. The van der Waals surface area contributed by atoms with E-state index >= 15 is 0 Å². The molecule has 6 rings (SSSR count). The lowest BCUT2D eigenvalue weighted by Gasteiger charge is -2.71. The van der Waals surface area contributed by atoms with Crippen molar-refractivity contribution in [2.24, 2.45) is 50.2 Å². The summed E-state index contributed by atoms with van der Waals surface area (Å²) in [5, 5.41) is 35.3. The summed E-state index contributed by atoms with van der Waals surface area (Å²) < 4.78 is 22.2. The van der Waals surface area contributed by atoms with Crippen molar-refractivity contribution >= 4 is 23.9 Å². The highest BCUT2D eigenvalue weighted by Gasteiger charge is 2.73. The third-order valence-corrected chi connectivity index (χ3v) is 16.0. The molecule has 6 aliphatic rings. The average molecular weight is 731 g/mol. The van der Waals surface area contributed by atoms with E-state index in [0.717, 1.165) is 46.0 Å². The zero-order valence-electron chi connectivity index (χ0n) is 32.9. The van der Waals surface area contributed by atoms with E-state index in [4.69, 9.17) is 18.9 Å². The van der Waals surface area contributed by atoms with Crippen LogP contribution in [-0.4, -0.2) is 75.5 Å². The minimum Gasteiger partial charge on any atom is -0.458 e. The molecule has 0 saturated heterocycles. The Hall–Kier alpha value is -2.50. The number of aliphatic hydroxyl groups is 3. The molecule has 3 N–H and O–H groups in total. The highest BCUT2D eigenvalue weighted by Crippen LogP contribution is 2.76. The number of fused-ring (bicyclic) bond motifs is 7. The minimum absolute atomic E-state index is 0.00534. The molecule has 0 bridgehead atoms. The lowest BCUT2D eigenvalue weighted by Crippen LogP contribution is -2.72. The molecule has 0 amide bonds. The SMILES string of the molecule is CC(=O)OC1[C@H](OC(C)=O)C[C@]1(OC(C)=O)[C@H](O)OC(=O)[C@]12CCC(C)(C)C[C@H]1C1=CC[C@@H]3[C@@]4(C)CC[C@H](O)C(C)(C)[C@@H]4CC[C@@]3(C)[C@]1(C)CC2O. The highest BCUT2D eigenvalue weighted by atomic mass is 16.7. The first kappa shape index (κ1) is 39.2. The van der Waals surface area contributed by atoms with Crippen molar-refractivity contribution in [2.45, 2.75) is 170 Å². The Morgan fingerprint density at radius 2 is 1.42 bits per heavy atom. The van der Waals surface area contributed by atoms with Crippen molar-refractivity contribution in [1.82, 2.24) is 0 Å². The number of esters is 4. The van der Waals surface area contributed by atoms with Gasteiger partial charge in [-0.25, -0.2) is 0 Å². The van der Waals surface area contributed by atoms with Gasteiger partial charge in [0.15, 0.2) is 6.10 Å². The number of hydrogen-bond donors (Lipinski definition) is 3. The number of carbonyl (C=O) groups is 4. The predicted molar refractivity (Wildman–Crippen MR) is 189 cm³/mol. The first-order valence-electron chi connectivity index (χ1n) is 19.4. The van der Waals surface area contributed by atoms with Crippen LogP contribution in [0.2, 0.25) is 0 Å². The lowest BCUT2D eigenvalue weighted by molar-refractivity contribution is -0.317. The molecule has 6 aliphatic carbocycles. The molecule has 0 aromatic heterocycles. The second-order valence-electron chi connectivity index (χ2n) is 19.5. The Balaban J connectivity index is 1.37. The maximum Gasteiger partial charge on any atom is 0.317 e. The first-order valence-corrected chi connectivity index (χ1v) is 19.4. The molecule has 0 spiro atoms. The highest BCUT2D eigenvalue weighted by molar-refractivity contribution is 5.80. The molecule has 2 unspecified atom stereocenters. The Kier molecular flexibility index (Phi) is 9.44. The summed E-state index contributed by atoms with van der Waals surface area (Å²) in [4.78, 5) is 51.1. The topological polar surface area (TPSA) is 166 Å². The molecule has 5 saturated carbocycles. The van der Waals surface area contributed by atoms with Crippen LogP contribution < -0.4 is 0 Å². The van der Waals surface area contributed by atoms with E-state index in [0.29, 0.717) is 37.5 Å². The van der Waals surface area contributed by atoms with Crippen LogP contribution in [0.5, 0.6) is 0 Å². The second kappa shape index (κ2) is 12.5. The summed E-state index contributed by atoms with van der Waals surface area (Å²) in [5.74, 6) is -2.70. The number of rotatable bonds is 6. The largest absolute Gasteiger partial charge is 0.458 e. The van der Waals surface area contributed by atoms with Crippen molar-refractivity contribution in [1.29, 1.82) is 0 Å². The van der Waals surface area contributed by atoms with Gasteiger partial charge in [-0.3, -0.25) is 19.2 Å². The van der Waals surface area contributed by atoms with Crippen LogP contribution in [0.3, 0.4) is 0 Å². The van der Waals surface area contributed by atoms with Gasteiger partial charge in [-0.1, -0.05) is 60.1 Å². The van der Waals surface area contributed by atoms with E-state index in [9.17, 15) is 34.5 Å². The molecule has 52 heavy (non-hydrogen) atoms.